The van der Waals surface area contributed by atoms with Gasteiger partial charge in [0.1, 0.15) is 11.6 Å². The van der Waals surface area contributed by atoms with Crippen LogP contribution >= 0.6 is 12.4 Å². The fourth-order valence-corrected chi connectivity index (χ4v) is 2.25. The Morgan fingerprint density at radius 2 is 1.54 bits per heavy atom. The van der Waals surface area contributed by atoms with Crippen molar-refractivity contribution in [1.29, 1.82) is 0 Å². The maximum Gasteiger partial charge on any atom is 0.130 e. The summed E-state index contributed by atoms with van der Waals surface area (Å²) < 4.78 is 19.5. The second-order valence-corrected chi connectivity index (χ2v) is 5.75. The Balaban J connectivity index is 0.00000288. The third kappa shape index (κ3) is 6.73. The van der Waals surface area contributed by atoms with Gasteiger partial charge in [0.05, 0.1) is 6.61 Å². The first-order valence-electron chi connectivity index (χ1n) is 7.96. The molecule has 0 spiro atoms. The van der Waals surface area contributed by atoms with E-state index in [-0.39, 0.29) is 18.2 Å². The molecule has 0 saturated carbocycles. The third-order valence-electron chi connectivity index (χ3n) is 3.52. The molecule has 2 nitrogen and oxygen atoms in total. The minimum atomic E-state index is -0.217. The summed E-state index contributed by atoms with van der Waals surface area (Å²) in [5, 5.41) is 0. The summed E-state index contributed by atoms with van der Waals surface area (Å²) in [5.74, 6) is 0.621. The highest BCUT2D eigenvalue weighted by Gasteiger charge is 2.01. The Bertz CT molecular complexity index is 643. The summed E-state index contributed by atoms with van der Waals surface area (Å²) in [7, 11) is 4.15. The molecule has 0 fully saturated rings. The quantitative estimate of drug-likeness (QED) is 0.483. The van der Waals surface area contributed by atoms with Crippen molar-refractivity contribution in [3.05, 3.63) is 65.5 Å². The van der Waals surface area contributed by atoms with Crippen molar-refractivity contribution in [3.8, 4) is 5.75 Å². The maximum atomic E-state index is 13.7. The van der Waals surface area contributed by atoms with Gasteiger partial charge in [-0.1, -0.05) is 48.6 Å². The van der Waals surface area contributed by atoms with Crippen molar-refractivity contribution in [1.82, 2.24) is 4.90 Å². The van der Waals surface area contributed by atoms with E-state index in [2.05, 4.69) is 19.0 Å². The van der Waals surface area contributed by atoms with E-state index in [1.165, 1.54) is 6.07 Å². The van der Waals surface area contributed by atoms with Crippen molar-refractivity contribution >= 4 is 24.6 Å². The first kappa shape index (κ1) is 20.2. The molecule has 0 N–H and O–H groups in total. The van der Waals surface area contributed by atoms with Crippen molar-refractivity contribution in [2.24, 2.45) is 0 Å². The van der Waals surface area contributed by atoms with E-state index in [1.54, 1.807) is 18.2 Å². The molecule has 0 saturated heterocycles. The predicted octanol–water partition coefficient (Wildman–Crippen LogP) is 5.14. The monoisotopic (exact) mass is 349 g/mol. The van der Waals surface area contributed by atoms with Crippen LogP contribution in [0, 0.1) is 5.82 Å². The number of unbranched alkanes of at least 4 members (excludes halogenated alkanes) is 1. The summed E-state index contributed by atoms with van der Waals surface area (Å²) in [6.07, 6.45) is 5.81. The molecule has 0 bridgehead atoms. The van der Waals surface area contributed by atoms with Crippen LogP contribution in [0.1, 0.15) is 24.0 Å². The second kappa shape index (κ2) is 10.8. The Kier molecular flexibility index (Phi) is 9.13. The molecular formula is C20H25ClFNO. The molecule has 130 valence electrons. The Labute approximate surface area is 150 Å². The van der Waals surface area contributed by atoms with Crippen molar-refractivity contribution < 1.29 is 9.13 Å². The number of ether oxygens (including phenoxy) is 1. The number of nitrogens with zero attached hydrogens (tertiary/aromatic N) is 1. The van der Waals surface area contributed by atoms with Gasteiger partial charge in [-0.25, -0.2) is 4.39 Å². The van der Waals surface area contributed by atoms with Gasteiger partial charge in [0.15, 0.2) is 0 Å². The highest BCUT2D eigenvalue weighted by molar-refractivity contribution is 5.85. The number of hydrogen-bond acceptors (Lipinski definition) is 2. The van der Waals surface area contributed by atoms with Crippen LogP contribution in [0.4, 0.5) is 4.39 Å². The number of rotatable bonds is 8. The molecule has 2 aromatic rings. The number of benzene rings is 2. The van der Waals surface area contributed by atoms with Crippen LogP contribution in [-0.2, 0) is 0 Å². The van der Waals surface area contributed by atoms with Gasteiger partial charge < -0.3 is 9.64 Å². The fraction of sp³-hybridized carbons (Fsp3) is 0.300. The molecule has 0 aliphatic carbocycles. The minimum Gasteiger partial charge on any atom is -0.493 e. The lowest BCUT2D eigenvalue weighted by Crippen LogP contribution is -2.13. The fourth-order valence-electron chi connectivity index (χ4n) is 2.25. The van der Waals surface area contributed by atoms with Crippen LogP contribution in [0.2, 0.25) is 0 Å². The zero-order valence-corrected chi connectivity index (χ0v) is 15.1. The molecule has 0 heterocycles. The standard InChI is InChI=1S/C20H24FNO.ClH/c1-22(2)15-7-8-16-23-20-12-6-4-10-18(20)14-13-17-9-3-5-11-19(17)21;/h3-6,9-14H,7-8,15-16H2,1-2H3;1H/b14-13+;. The van der Waals surface area contributed by atoms with Gasteiger partial charge >= 0.3 is 0 Å². The van der Waals surface area contributed by atoms with Gasteiger partial charge in [-0.15, -0.1) is 12.4 Å². The second-order valence-electron chi connectivity index (χ2n) is 5.75. The van der Waals surface area contributed by atoms with Gasteiger partial charge in [0, 0.05) is 11.1 Å². The van der Waals surface area contributed by atoms with Crippen molar-refractivity contribution in [2.45, 2.75) is 12.8 Å². The first-order chi connectivity index (χ1) is 11.2. The van der Waals surface area contributed by atoms with Crippen LogP contribution < -0.4 is 4.74 Å². The van der Waals surface area contributed by atoms with E-state index in [1.807, 2.05) is 36.4 Å². The zero-order valence-electron chi connectivity index (χ0n) is 14.2. The van der Waals surface area contributed by atoms with E-state index < -0.39 is 0 Å². The summed E-state index contributed by atoms with van der Waals surface area (Å²) in [6.45, 7) is 1.76. The van der Waals surface area contributed by atoms with Crippen LogP contribution in [0.5, 0.6) is 5.75 Å². The molecule has 0 radical (unpaired) electrons. The maximum absolute atomic E-state index is 13.7. The SMILES string of the molecule is CN(C)CCCCOc1ccccc1/C=C/c1ccccc1F.Cl. The minimum absolute atomic E-state index is 0. The van der Waals surface area contributed by atoms with E-state index in [9.17, 15) is 4.39 Å². The lowest BCUT2D eigenvalue weighted by molar-refractivity contribution is 0.292. The molecule has 2 rings (SSSR count). The Hall–Kier alpha value is -1.84. The van der Waals surface area contributed by atoms with Gasteiger partial charge in [0.25, 0.3) is 0 Å². The van der Waals surface area contributed by atoms with Crippen LogP contribution in [-0.4, -0.2) is 32.1 Å². The van der Waals surface area contributed by atoms with Gasteiger partial charge in [-0.2, -0.15) is 0 Å². The third-order valence-corrected chi connectivity index (χ3v) is 3.52. The molecule has 4 heteroatoms. The van der Waals surface area contributed by atoms with Gasteiger partial charge in [0.2, 0.25) is 0 Å². The van der Waals surface area contributed by atoms with Gasteiger partial charge in [-0.05, 0) is 45.6 Å². The van der Waals surface area contributed by atoms with Crippen LogP contribution in [0.15, 0.2) is 48.5 Å². The van der Waals surface area contributed by atoms with E-state index in [0.29, 0.717) is 12.2 Å². The lowest BCUT2D eigenvalue weighted by atomic mass is 10.1. The molecule has 0 unspecified atom stereocenters. The molecule has 0 aliphatic rings. The molecular weight excluding hydrogens is 325 g/mol. The number of hydrogen-bond donors (Lipinski definition) is 0. The lowest BCUT2D eigenvalue weighted by Gasteiger charge is -2.11. The number of para-hydroxylation sites is 1. The van der Waals surface area contributed by atoms with Crippen LogP contribution in [0.3, 0.4) is 0 Å². The van der Waals surface area contributed by atoms with E-state index >= 15 is 0 Å². The average Bonchev–Trinajstić information content (AvgIpc) is 2.54. The summed E-state index contributed by atoms with van der Waals surface area (Å²) in [5.41, 5.74) is 1.54. The summed E-state index contributed by atoms with van der Waals surface area (Å²) >= 11 is 0. The molecule has 0 aromatic heterocycles. The van der Waals surface area contributed by atoms with Crippen molar-refractivity contribution in [3.63, 3.8) is 0 Å². The smallest absolute Gasteiger partial charge is 0.130 e. The van der Waals surface area contributed by atoms with E-state index in [4.69, 9.17) is 4.74 Å². The molecule has 0 aliphatic heterocycles. The Morgan fingerprint density at radius 1 is 0.917 bits per heavy atom. The molecule has 0 atom stereocenters. The number of halogens is 2. The van der Waals surface area contributed by atoms with Gasteiger partial charge in [-0.3, -0.25) is 0 Å². The average molecular weight is 350 g/mol. The summed E-state index contributed by atoms with van der Waals surface area (Å²) in [4.78, 5) is 2.17. The van der Waals surface area contributed by atoms with E-state index in [0.717, 1.165) is 30.7 Å². The highest BCUT2D eigenvalue weighted by Crippen LogP contribution is 2.21. The first-order valence-corrected chi connectivity index (χ1v) is 7.96. The zero-order chi connectivity index (χ0) is 16.5. The van der Waals surface area contributed by atoms with Crippen LogP contribution in [0.25, 0.3) is 12.2 Å². The molecule has 24 heavy (non-hydrogen) atoms. The normalized spacial score (nSPS) is 10.8. The summed E-state index contributed by atoms with van der Waals surface area (Å²) in [6, 6.07) is 14.6. The Morgan fingerprint density at radius 3 is 2.25 bits per heavy atom. The topological polar surface area (TPSA) is 12.5 Å². The predicted molar refractivity (Wildman–Crippen MR) is 102 cm³/mol. The molecule has 0 amide bonds. The van der Waals surface area contributed by atoms with Crippen molar-refractivity contribution in [2.75, 3.05) is 27.2 Å². The highest BCUT2D eigenvalue weighted by atomic mass is 35.5. The largest absolute Gasteiger partial charge is 0.493 e. The molecule has 2 aromatic carbocycles.